The van der Waals surface area contributed by atoms with Crippen molar-refractivity contribution in [3.63, 3.8) is 0 Å². The van der Waals surface area contributed by atoms with Crippen LogP contribution >= 0.6 is 0 Å². The van der Waals surface area contributed by atoms with Gasteiger partial charge in [0.15, 0.2) is 5.82 Å². The number of hydrogen-bond acceptors (Lipinski definition) is 6. The number of hydrogen-bond donors (Lipinski definition) is 2. The number of carbonyl (C=O) groups excluding carboxylic acids is 1. The van der Waals surface area contributed by atoms with E-state index < -0.39 is 0 Å². The van der Waals surface area contributed by atoms with Gasteiger partial charge in [0.1, 0.15) is 24.3 Å². The van der Waals surface area contributed by atoms with E-state index in [4.69, 9.17) is 10.5 Å². The molecule has 1 aliphatic heterocycles. The number of nitrogens with one attached hydrogen (secondary N) is 1. The normalized spacial score (nSPS) is 18.0. The van der Waals surface area contributed by atoms with E-state index in [2.05, 4.69) is 22.2 Å². The second-order valence-electron chi connectivity index (χ2n) is 5.14. The average Bonchev–Trinajstić information content (AvgIpc) is 2.95. The van der Waals surface area contributed by atoms with Crippen molar-refractivity contribution in [3.05, 3.63) is 11.9 Å². The molecule has 0 aliphatic carbocycles. The van der Waals surface area contributed by atoms with Gasteiger partial charge in [-0.15, -0.1) is 0 Å². The van der Waals surface area contributed by atoms with Crippen LogP contribution in [0.15, 0.2) is 6.07 Å². The summed E-state index contributed by atoms with van der Waals surface area (Å²) in [5.41, 5.74) is 5.48. The minimum atomic E-state index is -0.303. The van der Waals surface area contributed by atoms with Crippen molar-refractivity contribution < 1.29 is 9.53 Å². The molecule has 21 heavy (non-hydrogen) atoms. The Morgan fingerprint density at radius 3 is 3.05 bits per heavy atom. The summed E-state index contributed by atoms with van der Waals surface area (Å²) in [6.07, 6.45) is 2.72. The molecule has 0 bridgehead atoms. The van der Waals surface area contributed by atoms with Gasteiger partial charge in [0.2, 0.25) is 5.91 Å². The van der Waals surface area contributed by atoms with Crippen LogP contribution in [-0.2, 0) is 16.1 Å². The van der Waals surface area contributed by atoms with Crippen molar-refractivity contribution in [1.82, 2.24) is 9.97 Å². The Kier molecular flexibility index (Phi) is 5.32. The molecule has 2 rings (SSSR count). The summed E-state index contributed by atoms with van der Waals surface area (Å²) in [5.74, 6) is 1.78. The Hall–Kier alpha value is -1.89. The lowest BCUT2D eigenvalue weighted by Gasteiger charge is -2.24. The van der Waals surface area contributed by atoms with Crippen molar-refractivity contribution >= 4 is 17.5 Å². The molecule has 116 valence electrons. The molecule has 1 amide bonds. The predicted molar refractivity (Wildman–Crippen MR) is 81.1 cm³/mol. The summed E-state index contributed by atoms with van der Waals surface area (Å²) in [7, 11) is 1.61. The highest BCUT2D eigenvalue weighted by atomic mass is 16.5. The molecule has 1 unspecified atom stereocenters. The molecule has 1 atom stereocenters. The van der Waals surface area contributed by atoms with E-state index in [1.165, 1.54) is 0 Å². The molecule has 0 radical (unpaired) electrons. The standard InChI is InChI=1S/C14H23N5O2/c1-3-6-16-11-8-13(18-12(17-11)9-21-2)19-7-4-5-10(19)14(15)20/h8,10H,3-7,9H2,1-2H3,(H2,15,20)(H,16,17,18). The number of methoxy groups -OCH3 is 1. The summed E-state index contributed by atoms with van der Waals surface area (Å²) in [4.78, 5) is 22.4. The molecule has 2 heterocycles. The lowest BCUT2D eigenvalue weighted by Crippen LogP contribution is -2.40. The van der Waals surface area contributed by atoms with E-state index in [9.17, 15) is 4.79 Å². The summed E-state index contributed by atoms with van der Waals surface area (Å²) >= 11 is 0. The predicted octanol–water partition coefficient (Wildman–Crippen LogP) is 0.899. The van der Waals surface area contributed by atoms with Crippen molar-refractivity contribution in [1.29, 1.82) is 0 Å². The first-order valence-electron chi connectivity index (χ1n) is 7.32. The van der Waals surface area contributed by atoms with Crippen LogP contribution in [0.3, 0.4) is 0 Å². The van der Waals surface area contributed by atoms with Crippen LogP contribution in [0.1, 0.15) is 32.0 Å². The van der Waals surface area contributed by atoms with Crippen LogP contribution in [0, 0.1) is 0 Å². The second-order valence-corrected chi connectivity index (χ2v) is 5.14. The second kappa shape index (κ2) is 7.21. The molecule has 1 aromatic heterocycles. The third kappa shape index (κ3) is 3.81. The monoisotopic (exact) mass is 293 g/mol. The van der Waals surface area contributed by atoms with Crippen molar-refractivity contribution in [2.45, 2.75) is 38.8 Å². The molecular weight excluding hydrogens is 270 g/mol. The molecular formula is C14H23N5O2. The highest BCUT2D eigenvalue weighted by Gasteiger charge is 2.30. The number of rotatable bonds is 7. The largest absolute Gasteiger partial charge is 0.377 e. The zero-order chi connectivity index (χ0) is 15.2. The molecule has 0 saturated carbocycles. The van der Waals surface area contributed by atoms with Gasteiger partial charge >= 0.3 is 0 Å². The Bertz CT molecular complexity index is 494. The fourth-order valence-electron chi connectivity index (χ4n) is 2.50. The smallest absolute Gasteiger partial charge is 0.240 e. The van der Waals surface area contributed by atoms with E-state index in [0.29, 0.717) is 12.4 Å². The maximum atomic E-state index is 11.5. The molecule has 1 fully saturated rings. The first-order valence-corrected chi connectivity index (χ1v) is 7.32. The van der Waals surface area contributed by atoms with Crippen LogP contribution in [-0.4, -0.2) is 42.1 Å². The first-order chi connectivity index (χ1) is 10.2. The molecule has 1 aromatic rings. The number of amides is 1. The van der Waals surface area contributed by atoms with E-state index in [1.807, 2.05) is 11.0 Å². The Morgan fingerprint density at radius 2 is 2.38 bits per heavy atom. The Balaban J connectivity index is 2.27. The highest BCUT2D eigenvalue weighted by Crippen LogP contribution is 2.25. The first kappa shape index (κ1) is 15.5. The minimum Gasteiger partial charge on any atom is -0.377 e. The third-order valence-electron chi connectivity index (χ3n) is 3.46. The Labute approximate surface area is 124 Å². The molecule has 1 saturated heterocycles. The van der Waals surface area contributed by atoms with E-state index in [-0.39, 0.29) is 11.9 Å². The van der Waals surface area contributed by atoms with Gasteiger partial charge < -0.3 is 20.7 Å². The molecule has 1 aliphatic rings. The molecule has 0 spiro atoms. The fourth-order valence-corrected chi connectivity index (χ4v) is 2.50. The number of carbonyl (C=O) groups is 1. The summed E-state index contributed by atoms with van der Waals surface area (Å²) in [6.45, 7) is 4.05. The van der Waals surface area contributed by atoms with Crippen LogP contribution in [0.25, 0.3) is 0 Å². The van der Waals surface area contributed by atoms with Crippen molar-refractivity contribution in [2.75, 3.05) is 30.4 Å². The lowest BCUT2D eigenvalue weighted by molar-refractivity contribution is -0.119. The SMILES string of the molecule is CCCNc1cc(N2CCCC2C(N)=O)nc(COC)n1. The van der Waals surface area contributed by atoms with E-state index >= 15 is 0 Å². The average molecular weight is 293 g/mol. The lowest BCUT2D eigenvalue weighted by atomic mass is 10.2. The van der Waals surface area contributed by atoms with Gasteiger partial charge in [0, 0.05) is 26.3 Å². The van der Waals surface area contributed by atoms with Crippen LogP contribution < -0.4 is 16.0 Å². The van der Waals surface area contributed by atoms with Crippen LogP contribution in [0.5, 0.6) is 0 Å². The quantitative estimate of drug-likeness (QED) is 0.776. The number of nitrogens with two attached hydrogens (primary N) is 1. The molecule has 3 N–H and O–H groups in total. The van der Waals surface area contributed by atoms with Crippen molar-refractivity contribution in [3.8, 4) is 0 Å². The highest BCUT2D eigenvalue weighted by molar-refractivity contribution is 5.84. The van der Waals surface area contributed by atoms with E-state index in [1.54, 1.807) is 7.11 Å². The number of anilines is 2. The molecule has 7 nitrogen and oxygen atoms in total. The van der Waals surface area contributed by atoms with E-state index in [0.717, 1.165) is 44.0 Å². The van der Waals surface area contributed by atoms with Gasteiger partial charge in [0.05, 0.1) is 0 Å². The van der Waals surface area contributed by atoms with Crippen LogP contribution in [0.4, 0.5) is 11.6 Å². The number of primary amides is 1. The third-order valence-corrected chi connectivity index (χ3v) is 3.46. The Morgan fingerprint density at radius 1 is 1.57 bits per heavy atom. The van der Waals surface area contributed by atoms with Gasteiger partial charge in [-0.05, 0) is 19.3 Å². The van der Waals surface area contributed by atoms with Gasteiger partial charge in [-0.2, -0.15) is 0 Å². The summed E-state index contributed by atoms with van der Waals surface area (Å²) < 4.78 is 5.12. The molecule has 7 heteroatoms. The van der Waals surface area contributed by atoms with Crippen molar-refractivity contribution in [2.24, 2.45) is 5.73 Å². The molecule has 0 aromatic carbocycles. The fraction of sp³-hybridized carbons (Fsp3) is 0.643. The minimum absolute atomic E-state index is 0.283. The maximum absolute atomic E-state index is 11.5. The van der Waals surface area contributed by atoms with Crippen LogP contribution in [0.2, 0.25) is 0 Å². The van der Waals surface area contributed by atoms with Gasteiger partial charge in [0.25, 0.3) is 0 Å². The topological polar surface area (TPSA) is 93.4 Å². The number of aromatic nitrogens is 2. The van der Waals surface area contributed by atoms with Gasteiger partial charge in [-0.25, -0.2) is 9.97 Å². The zero-order valence-corrected chi connectivity index (χ0v) is 12.6. The van der Waals surface area contributed by atoms with Gasteiger partial charge in [-0.3, -0.25) is 4.79 Å². The number of ether oxygens (including phenoxy) is 1. The zero-order valence-electron chi connectivity index (χ0n) is 12.6. The number of nitrogens with zero attached hydrogens (tertiary/aromatic N) is 3. The summed E-state index contributed by atoms with van der Waals surface area (Å²) in [5, 5.41) is 3.25. The maximum Gasteiger partial charge on any atom is 0.240 e. The van der Waals surface area contributed by atoms with Gasteiger partial charge in [-0.1, -0.05) is 6.92 Å². The summed E-state index contributed by atoms with van der Waals surface area (Å²) in [6, 6.07) is 1.59.